The Bertz CT molecular complexity index is 1420. The molecule has 1 aromatic carbocycles. The van der Waals surface area contributed by atoms with Gasteiger partial charge in [-0.1, -0.05) is 80.6 Å². The Hall–Kier alpha value is -2.31. The van der Waals surface area contributed by atoms with Gasteiger partial charge in [0, 0.05) is 41.2 Å². The summed E-state index contributed by atoms with van der Waals surface area (Å²) >= 11 is 3.28. The maximum atomic E-state index is 13.8. The molecule has 3 aliphatic rings. The second-order valence-corrected chi connectivity index (χ2v) is 12.1. The fraction of sp³-hybridized carbons (Fsp3) is 0.467. The average molecular weight is 521 g/mol. The summed E-state index contributed by atoms with van der Waals surface area (Å²) in [5.41, 5.74) is 5.44. The van der Waals surface area contributed by atoms with E-state index in [2.05, 4.69) is 24.8 Å². The molecule has 2 aromatic rings. The minimum atomic E-state index is 0.0461. The van der Waals surface area contributed by atoms with E-state index in [0.717, 1.165) is 56.7 Å². The lowest BCUT2D eigenvalue weighted by atomic mass is 10.0. The molecule has 1 aromatic heterocycles. The Labute approximate surface area is 222 Å². The lowest BCUT2D eigenvalue weighted by molar-refractivity contribution is 0.105. The van der Waals surface area contributed by atoms with E-state index in [1.807, 2.05) is 35.8 Å². The maximum Gasteiger partial charge on any atom is 0.271 e. The molecule has 0 saturated heterocycles. The maximum absolute atomic E-state index is 13.8. The van der Waals surface area contributed by atoms with Crippen LogP contribution in [0.4, 0.5) is 0 Å². The first-order valence-corrected chi connectivity index (χ1v) is 15.1. The van der Waals surface area contributed by atoms with Gasteiger partial charge in [-0.05, 0) is 44.7 Å². The van der Waals surface area contributed by atoms with E-state index in [1.165, 1.54) is 59.6 Å². The minimum absolute atomic E-state index is 0.0461. The van der Waals surface area contributed by atoms with E-state index >= 15 is 0 Å². The van der Waals surface area contributed by atoms with Crippen LogP contribution in [0.15, 0.2) is 51.3 Å². The number of unbranched alkanes of at least 4 members (excludes halogenated alkanes) is 5. The zero-order chi connectivity index (χ0) is 25.2. The summed E-state index contributed by atoms with van der Waals surface area (Å²) in [5, 5.41) is 1.08. The van der Waals surface area contributed by atoms with Crippen LogP contribution in [0.5, 0.6) is 0 Å². The quantitative estimate of drug-likeness (QED) is 0.404. The number of hydrogen-bond donors (Lipinski definition) is 0. The molecule has 1 aliphatic heterocycles. The molecule has 0 N–H and O–H groups in total. The molecule has 0 atom stereocenters. The monoisotopic (exact) mass is 520 g/mol. The third kappa shape index (κ3) is 4.70. The minimum Gasteiger partial charge on any atom is -0.337 e. The van der Waals surface area contributed by atoms with Crippen molar-refractivity contribution in [3.8, 4) is 0 Å². The van der Waals surface area contributed by atoms with Gasteiger partial charge in [-0.15, -0.1) is 11.3 Å². The van der Waals surface area contributed by atoms with Crippen molar-refractivity contribution >= 4 is 39.5 Å². The van der Waals surface area contributed by atoms with Crippen LogP contribution in [0, 0.1) is 0 Å². The smallest absolute Gasteiger partial charge is 0.271 e. The molecule has 0 spiro atoms. The molecular formula is C30H36N2O2S2. The lowest BCUT2D eigenvalue weighted by Crippen LogP contribution is -2.34. The number of benzene rings is 1. The summed E-state index contributed by atoms with van der Waals surface area (Å²) in [6.45, 7) is 7.99. The van der Waals surface area contributed by atoms with Crippen LogP contribution in [0.1, 0.15) is 88.1 Å². The van der Waals surface area contributed by atoms with Gasteiger partial charge in [0.1, 0.15) is 14.2 Å². The lowest BCUT2D eigenvalue weighted by Gasteiger charge is -2.24. The fourth-order valence-electron chi connectivity index (χ4n) is 5.47. The van der Waals surface area contributed by atoms with Crippen molar-refractivity contribution in [2.45, 2.75) is 85.1 Å². The summed E-state index contributed by atoms with van der Waals surface area (Å²) in [6.07, 6.45) is 12.6. The number of rotatable bonds is 8. The number of ketones is 1. The molecule has 2 aliphatic carbocycles. The first-order chi connectivity index (χ1) is 17.5. The molecule has 5 rings (SSSR count). The Balaban J connectivity index is 1.57. The molecule has 0 radical (unpaired) electrons. The highest BCUT2D eigenvalue weighted by atomic mass is 32.2. The summed E-state index contributed by atoms with van der Waals surface area (Å²) in [7, 11) is 0. The van der Waals surface area contributed by atoms with Gasteiger partial charge in [0.15, 0.2) is 5.78 Å². The van der Waals surface area contributed by atoms with Gasteiger partial charge in [0.25, 0.3) is 5.56 Å². The van der Waals surface area contributed by atoms with Gasteiger partial charge < -0.3 is 4.90 Å². The largest absolute Gasteiger partial charge is 0.337 e. The summed E-state index contributed by atoms with van der Waals surface area (Å²) in [4.78, 5) is 30.8. The SMILES string of the molecule is CCCCCCCCN1C2=C(C=C(C)CC2)S/C1=c1/s/c(=C2/Cc3ccccc3C2=O)n(CC)c1=O. The number of carbonyl (C=O) groups is 1. The summed E-state index contributed by atoms with van der Waals surface area (Å²) in [6, 6.07) is 7.84. The Morgan fingerprint density at radius 1 is 0.972 bits per heavy atom. The van der Waals surface area contributed by atoms with E-state index in [0.29, 0.717) is 13.0 Å². The Morgan fingerprint density at radius 3 is 2.53 bits per heavy atom. The third-order valence-corrected chi connectivity index (χ3v) is 10.0. The van der Waals surface area contributed by atoms with Gasteiger partial charge in [-0.25, -0.2) is 0 Å². The van der Waals surface area contributed by atoms with Crippen molar-refractivity contribution in [1.82, 2.24) is 9.47 Å². The first kappa shape index (κ1) is 25.3. The van der Waals surface area contributed by atoms with Crippen LogP contribution in [-0.2, 0) is 13.0 Å². The third-order valence-electron chi connectivity index (χ3n) is 7.49. The van der Waals surface area contributed by atoms with E-state index in [9.17, 15) is 9.59 Å². The van der Waals surface area contributed by atoms with E-state index < -0.39 is 0 Å². The highest BCUT2D eigenvalue weighted by Gasteiger charge is 2.32. The van der Waals surface area contributed by atoms with Gasteiger partial charge in [0.2, 0.25) is 0 Å². The predicted octanol–water partition coefficient (Wildman–Crippen LogP) is 5.95. The van der Waals surface area contributed by atoms with Crippen LogP contribution >= 0.6 is 23.1 Å². The Morgan fingerprint density at radius 2 is 1.75 bits per heavy atom. The highest BCUT2D eigenvalue weighted by Crippen LogP contribution is 2.47. The number of thiazole rings is 1. The van der Waals surface area contributed by atoms with Crippen molar-refractivity contribution in [2.75, 3.05) is 6.54 Å². The van der Waals surface area contributed by atoms with Crippen molar-refractivity contribution in [3.05, 3.63) is 77.2 Å². The molecule has 0 saturated carbocycles. The number of allylic oxidation sites excluding steroid dienone is 3. The second kappa shape index (κ2) is 11.0. The Kier molecular flexibility index (Phi) is 7.73. The van der Waals surface area contributed by atoms with E-state index in [4.69, 9.17) is 0 Å². The first-order valence-electron chi connectivity index (χ1n) is 13.5. The fourth-order valence-corrected chi connectivity index (χ4v) is 8.21. The highest BCUT2D eigenvalue weighted by molar-refractivity contribution is 8.11. The molecule has 36 heavy (non-hydrogen) atoms. The predicted molar refractivity (Wildman–Crippen MR) is 152 cm³/mol. The molecule has 0 unspecified atom stereocenters. The number of fused-ring (bicyclic) bond motifs is 1. The molecule has 2 heterocycles. The topological polar surface area (TPSA) is 42.3 Å². The van der Waals surface area contributed by atoms with Crippen molar-refractivity contribution in [3.63, 3.8) is 0 Å². The van der Waals surface area contributed by atoms with Crippen LogP contribution in [0.25, 0.3) is 10.6 Å². The average Bonchev–Trinajstić information content (AvgIpc) is 3.51. The van der Waals surface area contributed by atoms with Gasteiger partial charge in [-0.3, -0.25) is 14.2 Å². The van der Waals surface area contributed by atoms with Crippen LogP contribution in [0.2, 0.25) is 0 Å². The molecular weight excluding hydrogens is 484 g/mol. The summed E-state index contributed by atoms with van der Waals surface area (Å²) in [5.74, 6) is 0.0737. The molecule has 4 nitrogen and oxygen atoms in total. The summed E-state index contributed by atoms with van der Waals surface area (Å²) < 4.78 is 3.45. The number of nitrogens with zero attached hydrogens (tertiary/aromatic N) is 2. The molecule has 0 bridgehead atoms. The normalized spacial score (nSPS) is 20.2. The van der Waals surface area contributed by atoms with E-state index in [-0.39, 0.29) is 11.3 Å². The second-order valence-electron chi connectivity index (χ2n) is 10.1. The zero-order valence-corrected chi connectivity index (χ0v) is 23.3. The standard InChI is InChI=1S/C30H36N2O2S2/c1-4-6-7-8-9-12-17-32-24-16-15-20(3)18-25(24)35-30(32)27-28(34)31(5-2)29(36-27)23-19-21-13-10-11-14-22(21)26(23)33/h10-11,13-14,18H,4-9,12,15-17,19H2,1-3H3/b29-23-,30-27+. The number of hydrogen-bond acceptors (Lipinski definition) is 5. The zero-order valence-electron chi connectivity index (χ0n) is 21.7. The van der Waals surface area contributed by atoms with Crippen LogP contribution in [0.3, 0.4) is 0 Å². The molecule has 0 fully saturated rings. The van der Waals surface area contributed by atoms with Gasteiger partial charge >= 0.3 is 0 Å². The van der Waals surface area contributed by atoms with Crippen LogP contribution in [-0.4, -0.2) is 21.8 Å². The van der Waals surface area contributed by atoms with Crippen LogP contribution < -0.4 is 14.8 Å². The van der Waals surface area contributed by atoms with Gasteiger partial charge in [-0.2, -0.15) is 0 Å². The van der Waals surface area contributed by atoms with E-state index in [1.54, 1.807) is 11.8 Å². The van der Waals surface area contributed by atoms with Crippen molar-refractivity contribution < 1.29 is 4.79 Å². The molecule has 190 valence electrons. The number of thioether (sulfide) groups is 1. The number of aromatic nitrogens is 1. The number of carbonyl (C=O) groups excluding carboxylic acids is 1. The molecule has 0 amide bonds. The molecule has 6 heteroatoms. The van der Waals surface area contributed by atoms with Crippen molar-refractivity contribution in [1.29, 1.82) is 0 Å². The van der Waals surface area contributed by atoms with Gasteiger partial charge in [0.05, 0.1) is 0 Å². The number of Topliss-reactive ketones (excluding diaryl/α,β-unsaturated/α-hetero) is 1. The van der Waals surface area contributed by atoms with Crippen molar-refractivity contribution in [2.24, 2.45) is 0 Å².